The lowest BCUT2D eigenvalue weighted by molar-refractivity contribution is 0.0993. The van der Waals surface area contributed by atoms with Gasteiger partial charge in [-0.2, -0.15) is 0 Å². The summed E-state index contributed by atoms with van der Waals surface area (Å²) in [5.74, 6) is -0.0975. The van der Waals surface area contributed by atoms with Crippen LogP contribution in [0, 0.1) is 0 Å². The molecular weight excluding hydrogens is 240 g/mol. The van der Waals surface area contributed by atoms with Gasteiger partial charge in [0.25, 0.3) is 0 Å². The molecule has 5 nitrogen and oxygen atoms in total. The third kappa shape index (κ3) is 2.62. The summed E-state index contributed by atoms with van der Waals surface area (Å²) in [7, 11) is 1.75. The van der Waals surface area contributed by atoms with Crippen molar-refractivity contribution in [2.75, 3.05) is 5.73 Å². The van der Waals surface area contributed by atoms with Crippen LogP contribution in [-0.2, 0) is 13.5 Å². The lowest BCUT2D eigenvalue weighted by Gasteiger charge is -2.03. The standard InChI is InChI=1S/C11H11ClN4O/c1-16-6-8(14-15-16)5-11(17)9-3-2-7(12)4-10(9)13/h2-4,6H,5,13H2,1H3. The number of ketones is 1. The maximum atomic E-state index is 12.0. The van der Waals surface area contributed by atoms with E-state index in [1.165, 1.54) is 0 Å². The molecular formula is C11H11ClN4O. The van der Waals surface area contributed by atoms with E-state index in [-0.39, 0.29) is 12.2 Å². The van der Waals surface area contributed by atoms with Gasteiger partial charge in [-0.25, -0.2) is 0 Å². The molecule has 6 heteroatoms. The number of halogens is 1. The average molecular weight is 251 g/mol. The number of rotatable bonds is 3. The van der Waals surface area contributed by atoms with E-state index in [1.54, 1.807) is 36.1 Å². The SMILES string of the molecule is Cn1cc(CC(=O)c2ccc(Cl)cc2N)nn1. The van der Waals surface area contributed by atoms with Gasteiger partial charge in [0.15, 0.2) is 5.78 Å². The Hall–Kier alpha value is -1.88. The summed E-state index contributed by atoms with van der Waals surface area (Å²) in [5.41, 5.74) is 7.19. The Morgan fingerprint density at radius 2 is 2.29 bits per heavy atom. The molecule has 0 aliphatic heterocycles. The quantitative estimate of drug-likeness (QED) is 0.661. The number of hydrogen-bond acceptors (Lipinski definition) is 4. The largest absolute Gasteiger partial charge is 0.398 e. The number of carbonyl (C=O) groups excluding carboxylic acids is 1. The Morgan fingerprint density at radius 3 is 2.88 bits per heavy atom. The molecule has 1 aromatic heterocycles. The Balaban J connectivity index is 2.20. The van der Waals surface area contributed by atoms with Crippen LogP contribution >= 0.6 is 11.6 Å². The molecule has 2 rings (SSSR count). The second-order valence-electron chi connectivity index (χ2n) is 3.72. The van der Waals surface area contributed by atoms with Crippen LogP contribution < -0.4 is 5.73 Å². The van der Waals surface area contributed by atoms with E-state index in [4.69, 9.17) is 17.3 Å². The molecule has 0 aliphatic carbocycles. The predicted octanol–water partition coefficient (Wildman–Crippen LogP) is 1.48. The Kier molecular flexibility index (Phi) is 3.10. The van der Waals surface area contributed by atoms with Crippen molar-refractivity contribution in [1.82, 2.24) is 15.0 Å². The molecule has 0 atom stereocenters. The zero-order valence-corrected chi connectivity index (χ0v) is 9.98. The van der Waals surface area contributed by atoms with E-state index in [0.29, 0.717) is 22.0 Å². The van der Waals surface area contributed by atoms with Crippen molar-refractivity contribution in [3.05, 3.63) is 40.7 Å². The van der Waals surface area contributed by atoms with E-state index >= 15 is 0 Å². The topological polar surface area (TPSA) is 73.8 Å². The van der Waals surface area contributed by atoms with Gasteiger partial charge in [0, 0.05) is 29.5 Å². The van der Waals surface area contributed by atoms with Crippen molar-refractivity contribution in [2.45, 2.75) is 6.42 Å². The first-order valence-corrected chi connectivity index (χ1v) is 5.37. The summed E-state index contributed by atoms with van der Waals surface area (Å²) in [6.07, 6.45) is 1.88. The Bertz CT molecular complexity index is 564. The van der Waals surface area contributed by atoms with Crippen molar-refractivity contribution >= 4 is 23.1 Å². The molecule has 0 spiro atoms. The highest BCUT2D eigenvalue weighted by Crippen LogP contribution is 2.19. The van der Waals surface area contributed by atoms with Crippen LogP contribution in [0.25, 0.3) is 0 Å². The molecule has 1 heterocycles. The molecule has 0 radical (unpaired) electrons. The normalized spacial score (nSPS) is 10.5. The summed E-state index contributed by atoms with van der Waals surface area (Å²) in [6, 6.07) is 4.82. The van der Waals surface area contributed by atoms with Crippen molar-refractivity contribution < 1.29 is 4.79 Å². The summed E-state index contributed by atoms with van der Waals surface area (Å²) in [6.45, 7) is 0. The number of nitrogens with zero attached hydrogens (tertiary/aromatic N) is 3. The van der Waals surface area contributed by atoms with E-state index in [1.807, 2.05) is 0 Å². The first-order valence-electron chi connectivity index (χ1n) is 4.99. The van der Waals surface area contributed by atoms with E-state index in [2.05, 4.69) is 10.3 Å². The molecule has 2 N–H and O–H groups in total. The molecule has 0 saturated carbocycles. The highest BCUT2D eigenvalue weighted by Gasteiger charge is 2.12. The number of anilines is 1. The first kappa shape index (κ1) is 11.6. The summed E-state index contributed by atoms with van der Waals surface area (Å²) >= 11 is 5.77. The number of carbonyl (C=O) groups is 1. The minimum absolute atomic E-state index is 0.0975. The third-order valence-electron chi connectivity index (χ3n) is 2.31. The predicted molar refractivity (Wildman–Crippen MR) is 64.9 cm³/mol. The fourth-order valence-electron chi connectivity index (χ4n) is 1.52. The second kappa shape index (κ2) is 4.55. The zero-order chi connectivity index (χ0) is 12.4. The minimum Gasteiger partial charge on any atom is -0.398 e. The van der Waals surface area contributed by atoms with Crippen molar-refractivity contribution in [3.63, 3.8) is 0 Å². The minimum atomic E-state index is -0.0975. The van der Waals surface area contributed by atoms with E-state index in [0.717, 1.165) is 0 Å². The highest BCUT2D eigenvalue weighted by molar-refractivity contribution is 6.31. The number of nitrogens with two attached hydrogens (primary N) is 1. The fraction of sp³-hybridized carbons (Fsp3) is 0.182. The van der Waals surface area contributed by atoms with Gasteiger partial charge >= 0.3 is 0 Å². The molecule has 17 heavy (non-hydrogen) atoms. The van der Waals surface area contributed by atoms with E-state index < -0.39 is 0 Å². The molecule has 0 saturated heterocycles. The molecule has 0 bridgehead atoms. The van der Waals surface area contributed by atoms with Crippen LogP contribution in [0.2, 0.25) is 5.02 Å². The number of Topliss-reactive ketones (excluding diaryl/α,β-unsaturated/α-hetero) is 1. The van der Waals surface area contributed by atoms with Crippen molar-refractivity contribution in [3.8, 4) is 0 Å². The van der Waals surface area contributed by atoms with Crippen LogP contribution in [0.4, 0.5) is 5.69 Å². The van der Waals surface area contributed by atoms with Gasteiger partial charge in [0.1, 0.15) is 0 Å². The number of aryl methyl sites for hydroxylation is 1. The molecule has 88 valence electrons. The van der Waals surface area contributed by atoms with Gasteiger partial charge in [0.05, 0.1) is 12.1 Å². The molecule has 2 aromatic rings. The molecule has 0 fully saturated rings. The number of nitrogen functional groups attached to an aromatic ring is 1. The highest BCUT2D eigenvalue weighted by atomic mass is 35.5. The Labute approximate surface area is 103 Å². The van der Waals surface area contributed by atoms with Gasteiger partial charge in [-0.05, 0) is 18.2 Å². The smallest absolute Gasteiger partial charge is 0.171 e. The van der Waals surface area contributed by atoms with Gasteiger partial charge in [-0.15, -0.1) is 5.10 Å². The zero-order valence-electron chi connectivity index (χ0n) is 9.22. The summed E-state index contributed by atoms with van der Waals surface area (Å²) in [4.78, 5) is 12.0. The molecule has 0 unspecified atom stereocenters. The van der Waals surface area contributed by atoms with Gasteiger partial charge in [-0.1, -0.05) is 16.8 Å². The number of hydrogen-bond donors (Lipinski definition) is 1. The molecule has 0 amide bonds. The van der Waals surface area contributed by atoms with E-state index in [9.17, 15) is 4.79 Å². The van der Waals surface area contributed by atoms with Crippen LogP contribution in [0.15, 0.2) is 24.4 Å². The molecule has 1 aromatic carbocycles. The fourth-order valence-corrected chi connectivity index (χ4v) is 1.70. The maximum absolute atomic E-state index is 12.0. The van der Waals surface area contributed by atoms with Crippen LogP contribution in [0.1, 0.15) is 16.1 Å². The monoisotopic (exact) mass is 250 g/mol. The van der Waals surface area contributed by atoms with Crippen molar-refractivity contribution in [1.29, 1.82) is 0 Å². The average Bonchev–Trinajstić information content (AvgIpc) is 2.63. The summed E-state index contributed by atoms with van der Waals surface area (Å²) in [5, 5.41) is 8.13. The number of benzene rings is 1. The van der Waals surface area contributed by atoms with Crippen LogP contribution in [-0.4, -0.2) is 20.8 Å². The number of aromatic nitrogens is 3. The van der Waals surface area contributed by atoms with Crippen LogP contribution in [0.5, 0.6) is 0 Å². The van der Waals surface area contributed by atoms with Gasteiger partial charge < -0.3 is 5.73 Å². The molecule has 0 aliphatic rings. The van der Waals surface area contributed by atoms with Gasteiger partial charge in [-0.3, -0.25) is 9.48 Å². The second-order valence-corrected chi connectivity index (χ2v) is 4.15. The first-order chi connectivity index (χ1) is 8.06. The maximum Gasteiger partial charge on any atom is 0.171 e. The van der Waals surface area contributed by atoms with Gasteiger partial charge in [0.2, 0.25) is 0 Å². The lowest BCUT2D eigenvalue weighted by Crippen LogP contribution is -2.07. The summed E-state index contributed by atoms with van der Waals surface area (Å²) < 4.78 is 1.55. The van der Waals surface area contributed by atoms with Crippen LogP contribution in [0.3, 0.4) is 0 Å². The Morgan fingerprint density at radius 1 is 1.53 bits per heavy atom. The third-order valence-corrected chi connectivity index (χ3v) is 2.54. The lowest BCUT2D eigenvalue weighted by atomic mass is 10.1. The van der Waals surface area contributed by atoms with Crippen molar-refractivity contribution in [2.24, 2.45) is 7.05 Å².